The van der Waals surface area contributed by atoms with E-state index in [4.69, 9.17) is 22.1 Å². The van der Waals surface area contributed by atoms with Crippen molar-refractivity contribution in [2.75, 3.05) is 11.9 Å². The molecule has 1 aromatic heterocycles. The van der Waals surface area contributed by atoms with Gasteiger partial charge in [0.25, 0.3) is 5.91 Å². The molecule has 1 atom stereocenters. The Morgan fingerprint density at radius 1 is 1.25 bits per heavy atom. The van der Waals surface area contributed by atoms with Gasteiger partial charge in [0, 0.05) is 12.3 Å². The van der Waals surface area contributed by atoms with E-state index in [1.54, 1.807) is 29.1 Å². The van der Waals surface area contributed by atoms with E-state index in [2.05, 4.69) is 10.3 Å². The van der Waals surface area contributed by atoms with Crippen molar-refractivity contribution in [3.63, 3.8) is 0 Å². The highest BCUT2D eigenvalue weighted by Gasteiger charge is 2.31. The van der Waals surface area contributed by atoms with Crippen LogP contribution < -0.4 is 15.8 Å². The van der Waals surface area contributed by atoms with E-state index in [9.17, 15) is 9.59 Å². The molecular formula is C20H17ClN4O3. The van der Waals surface area contributed by atoms with Gasteiger partial charge < -0.3 is 15.8 Å². The highest BCUT2D eigenvalue weighted by Crippen LogP contribution is 2.38. The number of carbonyl (C=O) groups excluding carboxylic acids is 2. The zero-order valence-electron chi connectivity index (χ0n) is 14.8. The lowest BCUT2D eigenvalue weighted by Gasteiger charge is -2.23. The number of hydrogen-bond acceptors (Lipinski definition) is 4. The number of halogens is 1. The SMILES string of the molecule is NC(=O)COc1ccc([C@H]2CC(=O)Nc3c2ncn3-c2ccccc2Cl)cc1. The average molecular weight is 397 g/mol. The summed E-state index contributed by atoms with van der Waals surface area (Å²) in [6, 6.07) is 14.6. The lowest BCUT2D eigenvalue weighted by atomic mass is 9.90. The van der Waals surface area contributed by atoms with Crippen LogP contribution in [0.25, 0.3) is 5.69 Å². The molecule has 0 bridgehead atoms. The van der Waals surface area contributed by atoms with Crippen LogP contribution in [0.4, 0.5) is 5.82 Å². The number of rotatable bonds is 5. The molecule has 1 aliphatic heterocycles. The number of ether oxygens (including phenoxy) is 1. The number of primary amides is 1. The fraction of sp³-hybridized carbons (Fsp3) is 0.150. The fourth-order valence-electron chi connectivity index (χ4n) is 3.26. The van der Waals surface area contributed by atoms with Crippen LogP contribution in [0, 0.1) is 0 Å². The van der Waals surface area contributed by atoms with Gasteiger partial charge in [-0.1, -0.05) is 35.9 Å². The lowest BCUT2D eigenvalue weighted by molar-refractivity contribution is -0.120. The molecule has 0 fully saturated rings. The van der Waals surface area contributed by atoms with Gasteiger partial charge in [0.2, 0.25) is 5.91 Å². The van der Waals surface area contributed by atoms with Gasteiger partial charge in [0.15, 0.2) is 6.61 Å². The number of carbonyl (C=O) groups is 2. The summed E-state index contributed by atoms with van der Waals surface area (Å²) in [7, 11) is 0. The number of anilines is 1. The van der Waals surface area contributed by atoms with Crippen LogP contribution in [-0.2, 0) is 9.59 Å². The minimum Gasteiger partial charge on any atom is -0.484 e. The molecule has 7 nitrogen and oxygen atoms in total. The van der Waals surface area contributed by atoms with Gasteiger partial charge in [-0.3, -0.25) is 14.2 Å². The molecule has 1 aliphatic rings. The number of para-hydroxylation sites is 1. The van der Waals surface area contributed by atoms with Crippen molar-refractivity contribution in [2.24, 2.45) is 5.73 Å². The molecule has 142 valence electrons. The first-order valence-corrected chi connectivity index (χ1v) is 9.04. The summed E-state index contributed by atoms with van der Waals surface area (Å²) >= 11 is 6.31. The first-order valence-electron chi connectivity index (χ1n) is 8.66. The van der Waals surface area contributed by atoms with Gasteiger partial charge in [0.1, 0.15) is 17.9 Å². The summed E-state index contributed by atoms with van der Waals surface area (Å²) in [4.78, 5) is 27.7. The maximum Gasteiger partial charge on any atom is 0.255 e. The second kappa shape index (κ2) is 7.36. The quantitative estimate of drug-likeness (QED) is 0.692. The number of nitrogens with zero attached hydrogens (tertiary/aromatic N) is 2. The smallest absolute Gasteiger partial charge is 0.255 e. The molecule has 0 spiro atoms. The molecule has 3 N–H and O–H groups in total. The topological polar surface area (TPSA) is 99.2 Å². The van der Waals surface area contributed by atoms with E-state index >= 15 is 0 Å². The number of hydrogen-bond donors (Lipinski definition) is 2. The number of nitrogens with two attached hydrogens (primary N) is 1. The summed E-state index contributed by atoms with van der Waals surface area (Å²) in [5, 5.41) is 3.47. The Labute approximate surface area is 166 Å². The molecule has 0 radical (unpaired) electrons. The minimum absolute atomic E-state index is 0.0969. The van der Waals surface area contributed by atoms with Gasteiger partial charge in [-0.05, 0) is 29.8 Å². The maximum atomic E-state index is 12.4. The van der Waals surface area contributed by atoms with E-state index in [0.29, 0.717) is 16.6 Å². The van der Waals surface area contributed by atoms with Crippen molar-refractivity contribution in [1.82, 2.24) is 9.55 Å². The number of benzene rings is 2. The molecule has 2 heterocycles. The third kappa shape index (κ3) is 3.44. The first kappa shape index (κ1) is 18.1. The highest BCUT2D eigenvalue weighted by atomic mass is 35.5. The second-order valence-corrected chi connectivity index (χ2v) is 6.84. The molecule has 4 rings (SSSR count). The number of nitrogens with one attached hydrogen (secondary N) is 1. The standard InChI is InChI=1S/C20H17ClN4O3/c21-15-3-1-2-4-16(15)25-11-23-19-14(9-18(27)24-20(19)25)12-5-7-13(8-6-12)28-10-17(22)26/h1-8,11,14H,9-10H2,(H2,22,26)(H,24,27)/t14-/m1/s1. The molecule has 8 heteroatoms. The molecule has 28 heavy (non-hydrogen) atoms. The molecule has 2 amide bonds. The predicted octanol–water partition coefficient (Wildman–Crippen LogP) is 2.86. The zero-order chi connectivity index (χ0) is 19.7. The second-order valence-electron chi connectivity index (χ2n) is 6.43. The van der Waals surface area contributed by atoms with Gasteiger partial charge >= 0.3 is 0 Å². The minimum atomic E-state index is -0.539. The Hall–Kier alpha value is -3.32. The average Bonchev–Trinajstić information content (AvgIpc) is 3.10. The van der Waals surface area contributed by atoms with E-state index in [0.717, 1.165) is 16.9 Å². The number of imidazole rings is 1. The fourth-order valence-corrected chi connectivity index (χ4v) is 3.49. The van der Waals surface area contributed by atoms with Gasteiger partial charge in [-0.2, -0.15) is 0 Å². The van der Waals surface area contributed by atoms with Crippen molar-refractivity contribution in [3.8, 4) is 11.4 Å². The highest BCUT2D eigenvalue weighted by molar-refractivity contribution is 6.32. The molecule has 0 aliphatic carbocycles. The first-order chi connectivity index (χ1) is 13.5. The van der Waals surface area contributed by atoms with E-state index in [-0.39, 0.29) is 24.9 Å². The van der Waals surface area contributed by atoms with Crippen molar-refractivity contribution in [3.05, 3.63) is 71.1 Å². The van der Waals surface area contributed by atoms with Crippen LogP contribution in [0.5, 0.6) is 5.75 Å². The lowest BCUT2D eigenvalue weighted by Crippen LogP contribution is -2.25. The molecule has 0 unspecified atom stereocenters. The maximum absolute atomic E-state index is 12.4. The third-order valence-electron chi connectivity index (χ3n) is 4.55. The van der Waals surface area contributed by atoms with Crippen LogP contribution >= 0.6 is 11.6 Å². The number of amides is 2. The Balaban J connectivity index is 1.67. The summed E-state index contributed by atoms with van der Waals surface area (Å²) in [6.07, 6.45) is 1.95. The van der Waals surface area contributed by atoms with Gasteiger partial charge in [-0.15, -0.1) is 0 Å². The number of aromatic nitrogens is 2. The van der Waals surface area contributed by atoms with Crippen LogP contribution in [0.1, 0.15) is 23.6 Å². The summed E-state index contributed by atoms with van der Waals surface area (Å²) < 4.78 is 7.07. The summed E-state index contributed by atoms with van der Waals surface area (Å²) in [6.45, 7) is -0.183. The normalized spacial score (nSPS) is 15.6. The van der Waals surface area contributed by atoms with Gasteiger partial charge in [0.05, 0.1) is 16.4 Å². The van der Waals surface area contributed by atoms with Crippen molar-refractivity contribution in [2.45, 2.75) is 12.3 Å². The zero-order valence-corrected chi connectivity index (χ0v) is 15.5. The molecular weight excluding hydrogens is 380 g/mol. The Kier molecular flexibility index (Phi) is 4.75. The molecule has 2 aromatic carbocycles. The van der Waals surface area contributed by atoms with Crippen molar-refractivity contribution >= 4 is 29.2 Å². The van der Waals surface area contributed by atoms with Crippen LogP contribution in [0.2, 0.25) is 5.02 Å². The molecule has 3 aromatic rings. The largest absolute Gasteiger partial charge is 0.484 e. The summed E-state index contributed by atoms with van der Waals surface area (Å²) in [5.74, 6) is 0.314. The van der Waals surface area contributed by atoms with Gasteiger partial charge in [-0.25, -0.2) is 4.98 Å². The van der Waals surface area contributed by atoms with E-state index in [1.807, 2.05) is 30.3 Å². The number of fused-ring (bicyclic) bond motifs is 1. The van der Waals surface area contributed by atoms with Crippen molar-refractivity contribution < 1.29 is 14.3 Å². The van der Waals surface area contributed by atoms with Crippen LogP contribution in [0.3, 0.4) is 0 Å². The predicted molar refractivity (Wildman–Crippen MR) is 105 cm³/mol. The Bertz CT molecular complexity index is 1050. The van der Waals surface area contributed by atoms with Crippen LogP contribution in [0.15, 0.2) is 54.9 Å². The molecule has 0 saturated carbocycles. The van der Waals surface area contributed by atoms with Crippen molar-refractivity contribution in [1.29, 1.82) is 0 Å². The van der Waals surface area contributed by atoms with E-state index in [1.165, 1.54) is 0 Å². The third-order valence-corrected chi connectivity index (χ3v) is 4.87. The van der Waals surface area contributed by atoms with E-state index < -0.39 is 5.91 Å². The monoisotopic (exact) mass is 396 g/mol. The summed E-state index contributed by atoms with van der Waals surface area (Å²) in [5.41, 5.74) is 7.52. The Morgan fingerprint density at radius 3 is 2.71 bits per heavy atom. The van der Waals surface area contributed by atoms with Crippen LogP contribution in [-0.4, -0.2) is 28.0 Å². The molecule has 0 saturated heterocycles. The Morgan fingerprint density at radius 2 is 2.00 bits per heavy atom.